The molecule has 3 heteroatoms. The van der Waals surface area contributed by atoms with Gasteiger partial charge < -0.3 is 9.67 Å². The van der Waals surface area contributed by atoms with Crippen LogP contribution in [0.3, 0.4) is 0 Å². The van der Waals surface area contributed by atoms with Crippen molar-refractivity contribution in [1.29, 1.82) is 0 Å². The largest absolute Gasteiger partial charge is 0.511 e. The normalized spacial score (nSPS) is 11.2. The summed E-state index contributed by atoms with van der Waals surface area (Å²) in [4.78, 5) is 4.28. The van der Waals surface area contributed by atoms with E-state index in [-0.39, 0.29) is 5.76 Å². The first-order chi connectivity index (χ1) is 7.58. The zero-order valence-corrected chi connectivity index (χ0v) is 9.64. The Morgan fingerprint density at radius 3 is 2.88 bits per heavy atom. The summed E-state index contributed by atoms with van der Waals surface area (Å²) in [6.07, 6.45) is 1.73. The molecule has 2 rings (SSSR count). The lowest BCUT2D eigenvalue weighted by Gasteiger charge is -2.07. The molecule has 0 saturated carbocycles. The van der Waals surface area contributed by atoms with Gasteiger partial charge in [0.05, 0.1) is 23.9 Å². The van der Waals surface area contributed by atoms with E-state index in [1.165, 1.54) is 5.56 Å². The van der Waals surface area contributed by atoms with Crippen LogP contribution in [0.4, 0.5) is 0 Å². The van der Waals surface area contributed by atoms with Gasteiger partial charge in [-0.05, 0) is 23.6 Å². The second-order valence-electron chi connectivity index (χ2n) is 4.34. The molecule has 0 atom stereocenters. The fourth-order valence-corrected chi connectivity index (χ4v) is 1.76. The van der Waals surface area contributed by atoms with Gasteiger partial charge in [-0.2, -0.15) is 0 Å². The predicted molar refractivity (Wildman–Crippen MR) is 65.6 cm³/mol. The molecule has 0 unspecified atom stereocenters. The third kappa shape index (κ3) is 1.94. The highest BCUT2D eigenvalue weighted by atomic mass is 16.3. The van der Waals surface area contributed by atoms with Gasteiger partial charge in [-0.25, -0.2) is 4.98 Å². The van der Waals surface area contributed by atoms with Crippen molar-refractivity contribution in [3.8, 4) is 0 Å². The molecule has 1 aromatic heterocycles. The summed E-state index contributed by atoms with van der Waals surface area (Å²) in [6, 6.07) is 6.23. The first-order valence-electron chi connectivity index (χ1n) is 5.39. The fourth-order valence-electron chi connectivity index (χ4n) is 1.76. The highest BCUT2D eigenvalue weighted by Gasteiger charge is 2.06. The van der Waals surface area contributed by atoms with Gasteiger partial charge in [-0.1, -0.05) is 26.5 Å². The molecule has 0 fully saturated rings. The van der Waals surface area contributed by atoms with Gasteiger partial charge in [0.1, 0.15) is 5.76 Å². The van der Waals surface area contributed by atoms with Crippen LogP contribution in [0.1, 0.15) is 25.3 Å². The number of aromatic nitrogens is 2. The fraction of sp³-hybridized carbons (Fsp3) is 0.308. The van der Waals surface area contributed by atoms with Crippen LogP contribution in [0, 0.1) is 0 Å². The number of aliphatic hydroxyl groups excluding tert-OH is 1. The number of aliphatic hydroxyl groups is 1. The van der Waals surface area contributed by atoms with Crippen LogP contribution < -0.4 is 0 Å². The van der Waals surface area contributed by atoms with E-state index in [0.717, 1.165) is 11.0 Å². The summed E-state index contributed by atoms with van der Waals surface area (Å²) in [7, 11) is 0. The number of fused-ring (bicyclic) bond motifs is 1. The minimum absolute atomic E-state index is 0.147. The first-order valence-corrected chi connectivity index (χ1v) is 5.39. The molecule has 0 aliphatic rings. The van der Waals surface area contributed by atoms with Crippen LogP contribution in [-0.2, 0) is 6.54 Å². The monoisotopic (exact) mass is 216 g/mol. The first kappa shape index (κ1) is 10.7. The zero-order valence-electron chi connectivity index (χ0n) is 9.64. The van der Waals surface area contributed by atoms with Gasteiger partial charge in [0, 0.05) is 0 Å². The van der Waals surface area contributed by atoms with Gasteiger partial charge >= 0.3 is 0 Å². The number of hydrogen-bond acceptors (Lipinski definition) is 2. The van der Waals surface area contributed by atoms with E-state index in [9.17, 15) is 5.11 Å². The Morgan fingerprint density at radius 2 is 2.25 bits per heavy atom. The molecular weight excluding hydrogens is 200 g/mol. The Labute approximate surface area is 95.0 Å². The lowest BCUT2D eigenvalue weighted by Crippen LogP contribution is -1.98. The number of hydrogen-bond donors (Lipinski definition) is 1. The second kappa shape index (κ2) is 4.00. The van der Waals surface area contributed by atoms with Crippen LogP contribution in [0.25, 0.3) is 11.0 Å². The molecule has 0 saturated heterocycles. The van der Waals surface area contributed by atoms with Crippen molar-refractivity contribution in [3.63, 3.8) is 0 Å². The van der Waals surface area contributed by atoms with Gasteiger partial charge in [0.15, 0.2) is 0 Å². The van der Waals surface area contributed by atoms with E-state index in [1.807, 2.05) is 10.6 Å². The van der Waals surface area contributed by atoms with Crippen molar-refractivity contribution < 1.29 is 5.11 Å². The molecule has 0 amide bonds. The van der Waals surface area contributed by atoms with E-state index in [1.54, 1.807) is 6.33 Å². The second-order valence-corrected chi connectivity index (χ2v) is 4.34. The molecule has 2 aromatic rings. The number of allylic oxidation sites excluding steroid dienone is 1. The third-order valence-electron chi connectivity index (χ3n) is 2.66. The van der Waals surface area contributed by atoms with Gasteiger partial charge in [0.25, 0.3) is 0 Å². The lowest BCUT2D eigenvalue weighted by molar-refractivity contribution is 0.380. The Hall–Kier alpha value is -1.77. The maximum absolute atomic E-state index is 9.22. The summed E-state index contributed by atoms with van der Waals surface area (Å²) in [6.45, 7) is 8.22. The number of rotatable bonds is 3. The van der Waals surface area contributed by atoms with E-state index in [2.05, 4.69) is 37.5 Å². The molecule has 16 heavy (non-hydrogen) atoms. The summed E-state index contributed by atoms with van der Waals surface area (Å²) >= 11 is 0. The molecule has 3 nitrogen and oxygen atoms in total. The molecule has 1 N–H and O–H groups in total. The van der Waals surface area contributed by atoms with Crippen molar-refractivity contribution in [3.05, 3.63) is 42.4 Å². The Morgan fingerprint density at radius 1 is 1.50 bits per heavy atom. The third-order valence-corrected chi connectivity index (χ3v) is 2.66. The SMILES string of the molecule is C=C(O)Cn1cnc2ccc(C(C)C)cc21. The standard InChI is InChI=1S/C13H16N2O/c1-9(2)11-4-5-12-13(6-11)15(8-14-12)7-10(3)16/h4-6,8-9,16H,3,7H2,1-2H3. The number of benzene rings is 1. The Bertz CT molecular complexity index is 526. The van der Waals surface area contributed by atoms with E-state index in [0.29, 0.717) is 12.5 Å². The number of imidazole rings is 1. The molecule has 1 aromatic carbocycles. The predicted octanol–water partition coefficient (Wildman–Crippen LogP) is 3.23. The van der Waals surface area contributed by atoms with E-state index in [4.69, 9.17) is 0 Å². The molecule has 0 bridgehead atoms. The van der Waals surface area contributed by atoms with Gasteiger partial charge in [-0.3, -0.25) is 0 Å². The maximum Gasteiger partial charge on any atom is 0.105 e. The number of nitrogens with zero attached hydrogens (tertiary/aromatic N) is 2. The van der Waals surface area contributed by atoms with Crippen molar-refractivity contribution in [2.75, 3.05) is 0 Å². The molecule has 0 aliphatic heterocycles. The minimum atomic E-state index is 0.147. The summed E-state index contributed by atoms with van der Waals surface area (Å²) in [5.41, 5.74) is 3.27. The molecule has 1 heterocycles. The van der Waals surface area contributed by atoms with Crippen molar-refractivity contribution in [2.45, 2.75) is 26.3 Å². The molecule has 0 aliphatic carbocycles. The Balaban J connectivity index is 2.51. The lowest BCUT2D eigenvalue weighted by atomic mass is 10.0. The van der Waals surface area contributed by atoms with Crippen LogP contribution >= 0.6 is 0 Å². The topological polar surface area (TPSA) is 38.0 Å². The minimum Gasteiger partial charge on any atom is -0.511 e. The van der Waals surface area contributed by atoms with Crippen LogP contribution in [0.2, 0.25) is 0 Å². The molecule has 0 spiro atoms. The van der Waals surface area contributed by atoms with E-state index >= 15 is 0 Å². The highest BCUT2D eigenvalue weighted by molar-refractivity contribution is 5.76. The molecular formula is C13H16N2O. The van der Waals surface area contributed by atoms with Crippen molar-refractivity contribution in [1.82, 2.24) is 9.55 Å². The Kier molecular flexibility index (Phi) is 2.69. The van der Waals surface area contributed by atoms with Gasteiger partial charge in [-0.15, -0.1) is 0 Å². The summed E-state index contributed by atoms with van der Waals surface area (Å²) < 4.78 is 1.91. The van der Waals surface area contributed by atoms with Gasteiger partial charge in [0.2, 0.25) is 0 Å². The van der Waals surface area contributed by atoms with Crippen molar-refractivity contribution in [2.24, 2.45) is 0 Å². The average molecular weight is 216 g/mol. The van der Waals surface area contributed by atoms with Crippen molar-refractivity contribution >= 4 is 11.0 Å². The highest BCUT2D eigenvalue weighted by Crippen LogP contribution is 2.21. The summed E-state index contributed by atoms with van der Waals surface area (Å²) in [5.74, 6) is 0.638. The average Bonchev–Trinajstić information content (AvgIpc) is 2.60. The molecule has 84 valence electrons. The van der Waals surface area contributed by atoms with E-state index < -0.39 is 0 Å². The quantitative estimate of drug-likeness (QED) is 0.800. The smallest absolute Gasteiger partial charge is 0.105 e. The summed E-state index contributed by atoms with van der Waals surface area (Å²) in [5, 5.41) is 9.22. The maximum atomic E-state index is 9.22. The molecule has 0 radical (unpaired) electrons. The van der Waals surface area contributed by atoms with Crippen LogP contribution in [-0.4, -0.2) is 14.7 Å². The van der Waals surface area contributed by atoms with Crippen LogP contribution in [0.15, 0.2) is 36.9 Å². The zero-order chi connectivity index (χ0) is 11.7. The van der Waals surface area contributed by atoms with Crippen LogP contribution in [0.5, 0.6) is 0 Å².